The fourth-order valence-corrected chi connectivity index (χ4v) is 2.29. The average Bonchev–Trinajstić information content (AvgIpc) is 2.02. The molecule has 2 fully saturated rings. The lowest BCUT2D eigenvalue weighted by molar-refractivity contribution is -0.179. The van der Waals surface area contributed by atoms with Crippen molar-refractivity contribution < 1.29 is 4.74 Å². The number of likely N-dealkylation sites (tertiary alicyclic amines) is 1. The molecule has 0 bridgehead atoms. The molecular formula is C10H19NO. The van der Waals surface area contributed by atoms with Gasteiger partial charge in [-0.1, -0.05) is 0 Å². The van der Waals surface area contributed by atoms with E-state index in [2.05, 4.69) is 18.7 Å². The zero-order valence-corrected chi connectivity index (χ0v) is 8.18. The van der Waals surface area contributed by atoms with E-state index < -0.39 is 0 Å². The number of rotatable bonds is 1. The van der Waals surface area contributed by atoms with E-state index in [9.17, 15) is 0 Å². The average molecular weight is 169 g/mol. The van der Waals surface area contributed by atoms with E-state index in [1.807, 2.05) is 0 Å². The van der Waals surface area contributed by atoms with Gasteiger partial charge in [-0.05, 0) is 33.2 Å². The number of hydrogen-bond acceptors (Lipinski definition) is 2. The van der Waals surface area contributed by atoms with Gasteiger partial charge < -0.3 is 4.74 Å². The Labute approximate surface area is 74.9 Å². The molecule has 2 rings (SSSR count). The molecule has 2 aliphatic heterocycles. The molecule has 1 atom stereocenters. The van der Waals surface area contributed by atoms with Crippen molar-refractivity contribution in [2.75, 3.05) is 19.7 Å². The minimum Gasteiger partial charge on any atom is -0.373 e. The Morgan fingerprint density at radius 2 is 2.08 bits per heavy atom. The zero-order chi connectivity index (χ0) is 8.60. The second kappa shape index (κ2) is 3.00. The quantitative estimate of drug-likeness (QED) is 0.592. The molecule has 0 saturated carbocycles. The van der Waals surface area contributed by atoms with Crippen LogP contribution in [-0.4, -0.2) is 36.2 Å². The molecule has 0 amide bonds. The number of nitrogens with zero attached hydrogens (tertiary/aromatic N) is 1. The fourth-order valence-electron chi connectivity index (χ4n) is 2.29. The Morgan fingerprint density at radius 3 is 2.58 bits per heavy atom. The fraction of sp³-hybridized carbons (Fsp3) is 1.00. The van der Waals surface area contributed by atoms with Crippen LogP contribution >= 0.6 is 0 Å². The maximum Gasteiger partial charge on any atom is 0.0831 e. The van der Waals surface area contributed by atoms with Crippen LogP contribution in [0.1, 0.15) is 33.1 Å². The lowest BCUT2D eigenvalue weighted by Crippen LogP contribution is -2.57. The molecule has 0 unspecified atom stereocenters. The number of piperidine rings is 1. The van der Waals surface area contributed by atoms with Gasteiger partial charge >= 0.3 is 0 Å². The lowest BCUT2D eigenvalue weighted by atomic mass is 9.85. The first-order valence-electron chi connectivity index (χ1n) is 5.10. The van der Waals surface area contributed by atoms with E-state index in [1.54, 1.807) is 0 Å². The summed E-state index contributed by atoms with van der Waals surface area (Å²) in [5.74, 6) is 0. The second-order valence-corrected chi connectivity index (χ2v) is 4.45. The minimum absolute atomic E-state index is 0.280. The topological polar surface area (TPSA) is 12.5 Å². The summed E-state index contributed by atoms with van der Waals surface area (Å²) in [5, 5.41) is 0. The van der Waals surface area contributed by atoms with Gasteiger partial charge in [-0.15, -0.1) is 0 Å². The van der Waals surface area contributed by atoms with Crippen LogP contribution in [0.2, 0.25) is 0 Å². The van der Waals surface area contributed by atoms with Crippen molar-refractivity contribution in [1.82, 2.24) is 4.90 Å². The lowest BCUT2D eigenvalue weighted by Gasteiger charge is -2.49. The Morgan fingerprint density at radius 1 is 1.33 bits per heavy atom. The van der Waals surface area contributed by atoms with Gasteiger partial charge in [0.1, 0.15) is 0 Å². The monoisotopic (exact) mass is 169 g/mol. The molecule has 0 radical (unpaired) electrons. The van der Waals surface area contributed by atoms with E-state index in [0.29, 0.717) is 6.04 Å². The van der Waals surface area contributed by atoms with Crippen molar-refractivity contribution >= 4 is 0 Å². The van der Waals surface area contributed by atoms with Crippen LogP contribution in [0.25, 0.3) is 0 Å². The van der Waals surface area contributed by atoms with Crippen LogP contribution < -0.4 is 0 Å². The molecule has 12 heavy (non-hydrogen) atoms. The first-order valence-corrected chi connectivity index (χ1v) is 5.10. The predicted molar refractivity (Wildman–Crippen MR) is 49.2 cm³/mol. The normalized spacial score (nSPS) is 37.2. The van der Waals surface area contributed by atoms with Gasteiger partial charge in [0.05, 0.1) is 12.2 Å². The number of ether oxygens (including phenoxy) is 1. The molecule has 1 spiro atoms. The molecule has 2 aliphatic rings. The maximum absolute atomic E-state index is 5.70. The summed E-state index contributed by atoms with van der Waals surface area (Å²) in [4.78, 5) is 2.54. The van der Waals surface area contributed by atoms with E-state index in [-0.39, 0.29) is 5.60 Å². The Bertz CT molecular complexity index is 163. The minimum atomic E-state index is 0.280. The maximum atomic E-state index is 5.70. The number of hydrogen-bond donors (Lipinski definition) is 0. The van der Waals surface area contributed by atoms with Crippen LogP contribution in [0.4, 0.5) is 0 Å². The zero-order valence-electron chi connectivity index (χ0n) is 8.18. The summed E-state index contributed by atoms with van der Waals surface area (Å²) in [5.41, 5.74) is 0.280. The molecule has 0 aromatic carbocycles. The van der Waals surface area contributed by atoms with Crippen LogP contribution in [0, 0.1) is 0 Å². The van der Waals surface area contributed by atoms with Crippen molar-refractivity contribution in [3.63, 3.8) is 0 Å². The van der Waals surface area contributed by atoms with Gasteiger partial charge in [-0.2, -0.15) is 0 Å². The molecular weight excluding hydrogens is 150 g/mol. The molecule has 0 aliphatic carbocycles. The van der Waals surface area contributed by atoms with E-state index in [4.69, 9.17) is 4.74 Å². The SMILES string of the molecule is CC(C)N1CCC[C@@]2(CCO2)C1. The van der Waals surface area contributed by atoms with Gasteiger partial charge in [-0.3, -0.25) is 4.90 Å². The van der Waals surface area contributed by atoms with Crippen LogP contribution in [0.3, 0.4) is 0 Å². The first-order chi connectivity index (χ1) is 5.72. The smallest absolute Gasteiger partial charge is 0.0831 e. The van der Waals surface area contributed by atoms with E-state index in [0.717, 1.165) is 6.61 Å². The highest BCUT2D eigenvalue weighted by atomic mass is 16.5. The summed E-state index contributed by atoms with van der Waals surface area (Å²) in [6, 6.07) is 0.686. The molecule has 2 heteroatoms. The van der Waals surface area contributed by atoms with Crippen LogP contribution in [0.5, 0.6) is 0 Å². The van der Waals surface area contributed by atoms with E-state index in [1.165, 1.54) is 32.4 Å². The predicted octanol–water partition coefficient (Wildman–Crippen LogP) is 1.65. The summed E-state index contributed by atoms with van der Waals surface area (Å²) >= 11 is 0. The molecule has 70 valence electrons. The molecule has 2 heterocycles. The van der Waals surface area contributed by atoms with Gasteiger partial charge in [-0.25, -0.2) is 0 Å². The highest BCUT2D eigenvalue weighted by molar-refractivity contribution is 4.94. The Hall–Kier alpha value is -0.0800. The molecule has 2 saturated heterocycles. The highest BCUT2D eigenvalue weighted by Crippen LogP contribution is 2.35. The van der Waals surface area contributed by atoms with Crippen molar-refractivity contribution in [3.05, 3.63) is 0 Å². The Kier molecular flexibility index (Phi) is 2.13. The first kappa shape index (κ1) is 8.52. The van der Waals surface area contributed by atoms with Gasteiger partial charge in [0, 0.05) is 19.0 Å². The standard InChI is InChI=1S/C10H19NO/c1-9(2)11-6-3-4-10(8-11)5-7-12-10/h9H,3-8H2,1-2H3/t10-/m1/s1. The summed E-state index contributed by atoms with van der Waals surface area (Å²) in [7, 11) is 0. The van der Waals surface area contributed by atoms with Crippen LogP contribution in [-0.2, 0) is 4.74 Å². The molecule has 0 aromatic rings. The van der Waals surface area contributed by atoms with Crippen molar-refractivity contribution in [3.8, 4) is 0 Å². The molecule has 0 N–H and O–H groups in total. The Balaban J connectivity index is 1.94. The van der Waals surface area contributed by atoms with Crippen molar-refractivity contribution in [2.24, 2.45) is 0 Å². The third kappa shape index (κ3) is 1.38. The molecule has 2 nitrogen and oxygen atoms in total. The van der Waals surface area contributed by atoms with Gasteiger partial charge in [0.2, 0.25) is 0 Å². The summed E-state index contributed by atoms with van der Waals surface area (Å²) < 4.78 is 5.70. The highest BCUT2D eigenvalue weighted by Gasteiger charge is 2.42. The van der Waals surface area contributed by atoms with Crippen molar-refractivity contribution in [1.29, 1.82) is 0 Å². The largest absolute Gasteiger partial charge is 0.373 e. The van der Waals surface area contributed by atoms with Crippen molar-refractivity contribution in [2.45, 2.75) is 44.8 Å². The second-order valence-electron chi connectivity index (χ2n) is 4.45. The summed E-state index contributed by atoms with van der Waals surface area (Å²) in [6.45, 7) is 7.98. The summed E-state index contributed by atoms with van der Waals surface area (Å²) in [6.07, 6.45) is 3.89. The van der Waals surface area contributed by atoms with Gasteiger partial charge in [0.25, 0.3) is 0 Å². The third-order valence-electron chi connectivity index (χ3n) is 3.27. The third-order valence-corrected chi connectivity index (χ3v) is 3.27. The van der Waals surface area contributed by atoms with E-state index >= 15 is 0 Å². The molecule has 0 aromatic heterocycles. The van der Waals surface area contributed by atoms with Crippen LogP contribution in [0.15, 0.2) is 0 Å². The van der Waals surface area contributed by atoms with Gasteiger partial charge in [0.15, 0.2) is 0 Å².